The van der Waals surface area contributed by atoms with E-state index in [1.54, 1.807) is 6.92 Å². The molecule has 3 N–H and O–H groups in total. The Morgan fingerprint density at radius 1 is 1.35 bits per heavy atom. The van der Waals surface area contributed by atoms with Crippen LogP contribution in [0.25, 0.3) is 0 Å². The zero-order valence-electron chi connectivity index (χ0n) is 12.7. The SMILES string of the molecule is CCCC(C)(O)CNCC(O)COc1ccccc1C. The highest BCUT2D eigenvalue weighted by Gasteiger charge is 2.18. The van der Waals surface area contributed by atoms with Crippen LogP contribution in [0.2, 0.25) is 0 Å². The van der Waals surface area contributed by atoms with Crippen LogP contribution >= 0.6 is 0 Å². The fourth-order valence-corrected chi connectivity index (χ4v) is 2.10. The minimum Gasteiger partial charge on any atom is -0.491 e. The van der Waals surface area contributed by atoms with E-state index in [1.165, 1.54) is 0 Å². The molecule has 4 nitrogen and oxygen atoms in total. The molecule has 2 unspecified atom stereocenters. The Morgan fingerprint density at radius 3 is 2.70 bits per heavy atom. The zero-order valence-corrected chi connectivity index (χ0v) is 12.7. The van der Waals surface area contributed by atoms with Crippen LogP contribution in [-0.2, 0) is 0 Å². The summed E-state index contributed by atoms with van der Waals surface area (Å²) in [5.74, 6) is 0.796. The maximum atomic E-state index is 10.00. The lowest BCUT2D eigenvalue weighted by molar-refractivity contribution is 0.0427. The fraction of sp³-hybridized carbons (Fsp3) is 0.625. The molecule has 0 aromatic heterocycles. The van der Waals surface area contributed by atoms with Crippen molar-refractivity contribution in [3.8, 4) is 5.75 Å². The number of ether oxygens (including phenoxy) is 1. The van der Waals surface area contributed by atoms with Crippen molar-refractivity contribution >= 4 is 0 Å². The van der Waals surface area contributed by atoms with Gasteiger partial charge in [-0.05, 0) is 31.9 Å². The molecule has 114 valence electrons. The van der Waals surface area contributed by atoms with E-state index < -0.39 is 11.7 Å². The van der Waals surface area contributed by atoms with Gasteiger partial charge in [0.05, 0.1) is 5.60 Å². The molecule has 0 bridgehead atoms. The molecule has 1 rings (SSSR count). The van der Waals surface area contributed by atoms with E-state index in [-0.39, 0.29) is 6.61 Å². The van der Waals surface area contributed by atoms with Gasteiger partial charge in [-0.15, -0.1) is 0 Å². The second kappa shape index (κ2) is 8.25. The van der Waals surface area contributed by atoms with E-state index in [2.05, 4.69) is 5.32 Å². The van der Waals surface area contributed by atoms with Crippen LogP contribution in [0.1, 0.15) is 32.3 Å². The summed E-state index contributed by atoms with van der Waals surface area (Å²) >= 11 is 0. The zero-order chi connectivity index (χ0) is 15.0. The number of rotatable bonds is 9. The quantitative estimate of drug-likeness (QED) is 0.647. The average molecular weight is 281 g/mol. The van der Waals surface area contributed by atoms with E-state index in [0.717, 1.165) is 24.2 Å². The molecule has 0 aliphatic carbocycles. The maximum Gasteiger partial charge on any atom is 0.122 e. The van der Waals surface area contributed by atoms with Crippen LogP contribution in [-0.4, -0.2) is 41.6 Å². The standard InChI is InChI=1S/C16H27NO3/c1-4-9-16(3,19)12-17-10-14(18)11-20-15-8-6-5-7-13(15)2/h5-8,14,17-19H,4,9-12H2,1-3H3. The van der Waals surface area contributed by atoms with Gasteiger partial charge in [0, 0.05) is 13.1 Å². The van der Waals surface area contributed by atoms with E-state index in [9.17, 15) is 10.2 Å². The fourth-order valence-electron chi connectivity index (χ4n) is 2.10. The molecule has 0 saturated heterocycles. The summed E-state index contributed by atoms with van der Waals surface area (Å²) in [4.78, 5) is 0. The molecule has 20 heavy (non-hydrogen) atoms. The third kappa shape index (κ3) is 6.37. The molecule has 0 saturated carbocycles. The molecule has 1 aromatic rings. The first-order valence-electron chi connectivity index (χ1n) is 7.24. The first-order valence-corrected chi connectivity index (χ1v) is 7.24. The number of para-hydroxylation sites is 1. The number of hydrogen-bond acceptors (Lipinski definition) is 4. The Hall–Kier alpha value is -1.10. The van der Waals surface area contributed by atoms with Crippen molar-refractivity contribution < 1.29 is 14.9 Å². The smallest absolute Gasteiger partial charge is 0.122 e. The number of benzene rings is 1. The van der Waals surface area contributed by atoms with Crippen molar-refractivity contribution in [2.45, 2.75) is 45.3 Å². The number of aliphatic hydroxyl groups excluding tert-OH is 1. The molecular weight excluding hydrogens is 254 g/mol. The lowest BCUT2D eigenvalue weighted by Crippen LogP contribution is -2.41. The second-order valence-electron chi connectivity index (χ2n) is 5.61. The number of hydrogen-bond donors (Lipinski definition) is 3. The summed E-state index contributed by atoms with van der Waals surface area (Å²) in [5, 5.41) is 22.9. The highest BCUT2D eigenvalue weighted by Crippen LogP contribution is 2.16. The van der Waals surface area contributed by atoms with Crippen molar-refractivity contribution in [1.82, 2.24) is 5.32 Å². The summed E-state index contributed by atoms with van der Waals surface area (Å²) in [7, 11) is 0. The molecule has 2 atom stereocenters. The Bertz CT molecular complexity index is 393. The minimum absolute atomic E-state index is 0.244. The lowest BCUT2D eigenvalue weighted by Gasteiger charge is -2.24. The minimum atomic E-state index is -0.717. The van der Waals surface area contributed by atoms with Gasteiger partial charge in [0.2, 0.25) is 0 Å². The number of aliphatic hydroxyl groups is 2. The van der Waals surface area contributed by atoms with Crippen molar-refractivity contribution in [2.24, 2.45) is 0 Å². The summed E-state index contributed by atoms with van der Waals surface area (Å²) in [6.45, 7) is 6.95. The van der Waals surface area contributed by atoms with Gasteiger partial charge in [0.25, 0.3) is 0 Å². The van der Waals surface area contributed by atoms with Gasteiger partial charge < -0.3 is 20.3 Å². The first kappa shape index (κ1) is 17.0. The third-order valence-corrected chi connectivity index (χ3v) is 3.20. The number of nitrogens with one attached hydrogen (secondary N) is 1. The summed E-state index contributed by atoms with van der Waals surface area (Å²) < 4.78 is 5.58. The lowest BCUT2D eigenvalue weighted by atomic mass is 10.0. The van der Waals surface area contributed by atoms with E-state index in [0.29, 0.717) is 13.1 Å². The van der Waals surface area contributed by atoms with Crippen LogP contribution in [0.3, 0.4) is 0 Å². The van der Waals surface area contributed by atoms with Gasteiger partial charge in [0.15, 0.2) is 0 Å². The molecule has 0 aliphatic heterocycles. The predicted octanol–water partition coefficient (Wildman–Crippen LogP) is 1.88. The van der Waals surface area contributed by atoms with Crippen molar-refractivity contribution in [3.05, 3.63) is 29.8 Å². The topological polar surface area (TPSA) is 61.7 Å². The van der Waals surface area contributed by atoms with Gasteiger partial charge in [0.1, 0.15) is 18.5 Å². The second-order valence-corrected chi connectivity index (χ2v) is 5.61. The van der Waals surface area contributed by atoms with Gasteiger partial charge in [-0.3, -0.25) is 0 Å². The highest BCUT2D eigenvalue weighted by atomic mass is 16.5. The molecule has 0 radical (unpaired) electrons. The Kier molecular flexibility index (Phi) is 6.99. The predicted molar refractivity (Wildman–Crippen MR) is 81.1 cm³/mol. The van der Waals surface area contributed by atoms with Gasteiger partial charge >= 0.3 is 0 Å². The summed E-state index contributed by atoms with van der Waals surface area (Å²) in [6.07, 6.45) is 1.09. The van der Waals surface area contributed by atoms with Crippen molar-refractivity contribution in [3.63, 3.8) is 0 Å². The Balaban J connectivity index is 2.24. The van der Waals surface area contributed by atoms with Crippen LogP contribution in [0, 0.1) is 6.92 Å². The van der Waals surface area contributed by atoms with E-state index in [4.69, 9.17) is 4.74 Å². The van der Waals surface area contributed by atoms with Crippen LogP contribution in [0.5, 0.6) is 5.75 Å². The summed E-state index contributed by atoms with van der Waals surface area (Å²) in [6, 6.07) is 7.73. The highest BCUT2D eigenvalue weighted by molar-refractivity contribution is 5.31. The van der Waals surface area contributed by atoms with Gasteiger partial charge in [-0.25, -0.2) is 0 Å². The molecule has 0 spiro atoms. The van der Waals surface area contributed by atoms with Crippen molar-refractivity contribution in [1.29, 1.82) is 0 Å². The normalized spacial score (nSPS) is 15.7. The molecule has 4 heteroatoms. The Labute approximate surface area is 121 Å². The Morgan fingerprint density at radius 2 is 2.05 bits per heavy atom. The maximum absolute atomic E-state index is 10.00. The third-order valence-electron chi connectivity index (χ3n) is 3.20. The van der Waals surface area contributed by atoms with Gasteiger partial charge in [-0.1, -0.05) is 31.5 Å². The van der Waals surface area contributed by atoms with E-state index >= 15 is 0 Å². The largest absolute Gasteiger partial charge is 0.491 e. The van der Waals surface area contributed by atoms with Crippen LogP contribution in [0.15, 0.2) is 24.3 Å². The monoisotopic (exact) mass is 281 g/mol. The molecular formula is C16H27NO3. The van der Waals surface area contributed by atoms with E-state index in [1.807, 2.05) is 38.1 Å². The molecule has 0 aliphatic rings. The summed E-state index contributed by atoms with van der Waals surface area (Å²) in [5.41, 5.74) is 0.337. The molecule has 0 amide bonds. The number of aryl methyl sites for hydroxylation is 1. The average Bonchev–Trinajstić information content (AvgIpc) is 2.37. The molecule has 0 fully saturated rings. The molecule has 1 aromatic carbocycles. The van der Waals surface area contributed by atoms with Crippen LogP contribution < -0.4 is 10.1 Å². The van der Waals surface area contributed by atoms with Gasteiger partial charge in [-0.2, -0.15) is 0 Å². The van der Waals surface area contributed by atoms with Crippen LogP contribution in [0.4, 0.5) is 0 Å². The molecule has 0 heterocycles. The van der Waals surface area contributed by atoms with Crippen molar-refractivity contribution in [2.75, 3.05) is 19.7 Å². The first-order chi connectivity index (χ1) is 9.44.